The first-order chi connectivity index (χ1) is 40.5. The molecular weight excluding hydrogens is 1110 g/mol. The Balaban J connectivity index is 5.15. The van der Waals surface area contributed by atoms with Crippen LogP contribution in [0, 0.1) is 5.92 Å². The zero-order valence-corrected chi connectivity index (χ0v) is 55.8. The third kappa shape index (κ3) is 59.0. The first-order valence-electron chi connectivity index (χ1n) is 34.1. The van der Waals surface area contributed by atoms with Gasteiger partial charge in [0.2, 0.25) is 0 Å². The first kappa shape index (κ1) is 82.1. The molecule has 0 bridgehead atoms. The van der Waals surface area contributed by atoms with E-state index in [4.69, 9.17) is 37.0 Å². The minimum Gasteiger partial charge on any atom is -0.462 e. The highest BCUT2D eigenvalue weighted by molar-refractivity contribution is 7.47. The van der Waals surface area contributed by atoms with E-state index >= 15 is 0 Å². The molecule has 3 N–H and O–H groups in total. The molecule has 19 heteroatoms. The van der Waals surface area contributed by atoms with Gasteiger partial charge in [0.15, 0.2) is 12.2 Å². The monoisotopic (exact) mass is 1240 g/mol. The van der Waals surface area contributed by atoms with Crippen LogP contribution in [0.15, 0.2) is 0 Å². The Labute approximate surface area is 511 Å². The molecule has 0 amide bonds. The number of rotatable bonds is 65. The minimum absolute atomic E-state index is 0.102. The molecule has 0 aliphatic carbocycles. The maximum absolute atomic E-state index is 13.0. The fourth-order valence-corrected chi connectivity index (χ4v) is 11.3. The van der Waals surface area contributed by atoms with Crippen LogP contribution in [0.2, 0.25) is 0 Å². The normalized spacial score (nSPS) is 14.2. The Morgan fingerprint density at radius 3 is 0.810 bits per heavy atom. The topological polar surface area (TPSA) is 237 Å². The maximum Gasteiger partial charge on any atom is 0.472 e. The van der Waals surface area contributed by atoms with E-state index in [9.17, 15) is 43.2 Å². The number of hydrogen-bond donors (Lipinski definition) is 3. The first-order valence-corrected chi connectivity index (χ1v) is 37.1. The van der Waals surface area contributed by atoms with Gasteiger partial charge in [-0.1, -0.05) is 279 Å². The molecule has 0 heterocycles. The number of unbranched alkanes of at least 4 members (excludes halogenated alkanes) is 37. The Hall–Kier alpha value is -1.94. The van der Waals surface area contributed by atoms with Crippen LogP contribution in [-0.2, 0) is 65.4 Å². The van der Waals surface area contributed by atoms with Crippen LogP contribution in [-0.4, -0.2) is 96.7 Å². The van der Waals surface area contributed by atoms with Gasteiger partial charge in [-0.25, -0.2) is 9.13 Å². The van der Waals surface area contributed by atoms with Gasteiger partial charge in [-0.2, -0.15) is 0 Å². The molecule has 2 unspecified atom stereocenters. The Kier molecular flexibility index (Phi) is 57.4. The second-order valence-corrected chi connectivity index (χ2v) is 26.9. The third-order valence-corrected chi connectivity index (χ3v) is 16.9. The summed E-state index contributed by atoms with van der Waals surface area (Å²) in [7, 11) is -9.88. The number of carbonyl (C=O) groups excluding carboxylic acids is 4. The zero-order chi connectivity index (χ0) is 62.0. The lowest BCUT2D eigenvalue weighted by molar-refractivity contribution is -0.161. The highest BCUT2D eigenvalue weighted by Crippen LogP contribution is 2.45. The van der Waals surface area contributed by atoms with E-state index in [0.717, 1.165) is 103 Å². The second-order valence-electron chi connectivity index (χ2n) is 24.0. The van der Waals surface area contributed by atoms with E-state index in [0.29, 0.717) is 31.6 Å². The average Bonchev–Trinajstić information content (AvgIpc) is 3.51. The molecular formula is C65H126O17P2. The Morgan fingerprint density at radius 1 is 0.321 bits per heavy atom. The standard InChI is InChI=1S/C65H126O17P2/c1-6-9-12-15-18-20-22-23-24-25-26-27-28-29-31-34-40-45-50-64(69)81-60(55-76-63(68)49-44-39-33-30-21-19-16-13-10-7-2)56-79-83(71,72)77-52-59(66)53-78-84(73,74)80-57-61(54-75-62(67)48-43-38-32-17-14-11-8-3)82-65(70)51-46-41-36-35-37-42-47-58(4)5/h58-61,66H,6-57H2,1-5H3,(H,71,72)(H,73,74)/t59-,60-,61-/m1/s1. The number of aliphatic hydroxyl groups excluding tert-OH is 1. The average molecular weight is 1240 g/mol. The molecule has 0 aliphatic rings. The number of ether oxygens (including phenoxy) is 4. The lowest BCUT2D eigenvalue weighted by Crippen LogP contribution is -2.30. The molecule has 0 aliphatic heterocycles. The van der Waals surface area contributed by atoms with E-state index in [1.165, 1.54) is 141 Å². The lowest BCUT2D eigenvalue weighted by atomic mass is 10.0. The number of hydrogen-bond acceptors (Lipinski definition) is 15. The predicted molar refractivity (Wildman–Crippen MR) is 335 cm³/mol. The summed E-state index contributed by atoms with van der Waals surface area (Å²) < 4.78 is 67.9. The van der Waals surface area contributed by atoms with Gasteiger partial charge >= 0.3 is 39.5 Å². The molecule has 0 fully saturated rings. The van der Waals surface area contributed by atoms with Gasteiger partial charge in [-0.3, -0.25) is 37.3 Å². The molecule has 498 valence electrons. The van der Waals surface area contributed by atoms with Gasteiger partial charge in [-0.05, 0) is 31.6 Å². The van der Waals surface area contributed by atoms with Crippen LogP contribution < -0.4 is 0 Å². The second kappa shape index (κ2) is 58.7. The van der Waals surface area contributed by atoms with Crippen molar-refractivity contribution in [3.63, 3.8) is 0 Å². The molecule has 0 saturated carbocycles. The summed E-state index contributed by atoms with van der Waals surface area (Å²) in [5.41, 5.74) is 0. The predicted octanol–water partition coefficient (Wildman–Crippen LogP) is 18.2. The van der Waals surface area contributed by atoms with Gasteiger partial charge in [0, 0.05) is 25.7 Å². The van der Waals surface area contributed by atoms with Gasteiger partial charge in [0.25, 0.3) is 0 Å². The molecule has 17 nitrogen and oxygen atoms in total. The van der Waals surface area contributed by atoms with Gasteiger partial charge < -0.3 is 33.8 Å². The van der Waals surface area contributed by atoms with Crippen LogP contribution in [0.3, 0.4) is 0 Å². The summed E-state index contributed by atoms with van der Waals surface area (Å²) in [5.74, 6) is -1.47. The van der Waals surface area contributed by atoms with E-state index in [2.05, 4.69) is 34.6 Å². The maximum atomic E-state index is 13.0. The Morgan fingerprint density at radius 2 is 0.548 bits per heavy atom. The van der Waals surface area contributed by atoms with E-state index in [1.54, 1.807) is 0 Å². The van der Waals surface area contributed by atoms with Crippen LogP contribution in [0.4, 0.5) is 0 Å². The number of aliphatic hydroxyl groups is 1. The summed E-state index contributed by atoms with van der Waals surface area (Å²) in [5, 5.41) is 10.5. The van der Waals surface area contributed by atoms with E-state index < -0.39 is 97.5 Å². The Bertz CT molecular complexity index is 1640. The molecule has 0 radical (unpaired) electrons. The van der Waals surface area contributed by atoms with Crippen molar-refractivity contribution < 1.29 is 80.2 Å². The van der Waals surface area contributed by atoms with Crippen molar-refractivity contribution in [2.75, 3.05) is 39.6 Å². The summed E-state index contributed by atoms with van der Waals surface area (Å²) >= 11 is 0. The fraction of sp³-hybridized carbons (Fsp3) is 0.938. The highest BCUT2D eigenvalue weighted by atomic mass is 31.2. The molecule has 0 rings (SSSR count). The van der Waals surface area contributed by atoms with Crippen molar-refractivity contribution in [1.29, 1.82) is 0 Å². The number of phosphoric acid groups is 2. The van der Waals surface area contributed by atoms with Crippen molar-refractivity contribution in [1.82, 2.24) is 0 Å². The molecule has 0 aromatic carbocycles. The zero-order valence-electron chi connectivity index (χ0n) is 54.0. The largest absolute Gasteiger partial charge is 0.472 e. The summed E-state index contributed by atoms with van der Waals surface area (Å²) in [6, 6.07) is 0. The van der Waals surface area contributed by atoms with Crippen LogP contribution in [0.1, 0.15) is 330 Å². The van der Waals surface area contributed by atoms with Gasteiger partial charge in [0.1, 0.15) is 19.3 Å². The molecule has 84 heavy (non-hydrogen) atoms. The van der Waals surface area contributed by atoms with E-state index in [-0.39, 0.29) is 25.7 Å². The molecule has 0 aromatic rings. The summed E-state index contributed by atoms with van der Waals surface area (Å²) in [4.78, 5) is 72.1. The molecule has 0 saturated heterocycles. The third-order valence-electron chi connectivity index (χ3n) is 15.0. The number of esters is 4. The van der Waals surface area contributed by atoms with Crippen LogP contribution in [0.5, 0.6) is 0 Å². The minimum atomic E-state index is -4.94. The van der Waals surface area contributed by atoms with Crippen molar-refractivity contribution in [3.8, 4) is 0 Å². The smallest absolute Gasteiger partial charge is 0.462 e. The highest BCUT2D eigenvalue weighted by Gasteiger charge is 2.30. The fourth-order valence-electron chi connectivity index (χ4n) is 9.76. The van der Waals surface area contributed by atoms with Crippen molar-refractivity contribution in [2.45, 2.75) is 348 Å². The number of phosphoric ester groups is 2. The van der Waals surface area contributed by atoms with Crippen molar-refractivity contribution >= 4 is 39.5 Å². The van der Waals surface area contributed by atoms with Gasteiger partial charge in [-0.15, -0.1) is 0 Å². The van der Waals surface area contributed by atoms with Crippen LogP contribution >= 0.6 is 15.6 Å². The molecule has 5 atom stereocenters. The van der Waals surface area contributed by atoms with Crippen molar-refractivity contribution in [2.24, 2.45) is 5.92 Å². The number of carbonyl (C=O) groups is 4. The summed E-state index contributed by atoms with van der Waals surface area (Å²) in [6.07, 6.45) is 43.4. The molecule has 0 spiro atoms. The van der Waals surface area contributed by atoms with Gasteiger partial charge in [0.05, 0.1) is 26.4 Å². The van der Waals surface area contributed by atoms with E-state index in [1.807, 2.05) is 0 Å². The SMILES string of the molecule is CCCCCCCCCCCCCCCCCCCCC(=O)O[C@H](COC(=O)CCCCCCCCCCCC)COP(=O)(O)OC[C@@H](O)COP(=O)(O)OC[C@@H](COC(=O)CCCCCCCCC)OC(=O)CCCCCCCCC(C)C. The molecule has 0 aromatic heterocycles. The quantitative estimate of drug-likeness (QED) is 0.0222. The van der Waals surface area contributed by atoms with Crippen molar-refractivity contribution in [3.05, 3.63) is 0 Å². The van der Waals surface area contributed by atoms with Crippen LogP contribution in [0.25, 0.3) is 0 Å². The lowest BCUT2D eigenvalue weighted by Gasteiger charge is -2.21. The summed E-state index contributed by atoms with van der Waals surface area (Å²) in [6.45, 7) is 7.06.